The molecule has 1 spiro atoms. The zero-order chi connectivity index (χ0) is 27.8. The molecular weight excluding hydrogens is 500 g/mol. The number of nitrogens with one attached hydrogen (secondary N) is 2. The van der Waals surface area contributed by atoms with E-state index in [1.807, 2.05) is 57.2 Å². The number of benzene rings is 2. The predicted molar refractivity (Wildman–Crippen MR) is 143 cm³/mol. The first-order chi connectivity index (χ1) is 18.5. The third kappa shape index (κ3) is 6.03. The molecular formula is C30H36N2O7. The highest BCUT2D eigenvalue weighted by molar-refractivity contribution is 5.81. The molecule has 0 heterocycles. The third-order valence-electron chi connectivity index (χ3n) is 7.83. The largest absolute Gasteiger partial charge is 0.480 e. The Hall–Kier alpha value is -3.59. The molecule has 5 rings (SSSR count). The minimum Gasteiger partial charge on any atom is -0.480 e. The van der Waals surface area contributed by atoms with Crippen LogP contribution >= 0.6 is 0 Å². The fourth-order valence-corrected chi connectivity index (χ4v) is 6.11. The summed E-state index contributed by atoms with van der Waals surface area (Å²) in [5.41, 5.74) is 4.01. The smallest absolute Gasteiger partial charge is 0.407 e. The van der Waals surface area contributed by atoms with Crippen LogP contribution in [0.3, 0.4) is 0 Å². The highest BCUT2D eigenvalue weighted by Gasteiger charge is 2.54. The van der Waals surface area contributed by atoms with Crippen molar-refractivity contribution in [3.63, 3.8) is 0 Å². The molecule has 1 atom stereocenters. The van der Waals surface area contributed by atoms with Crippen LogP contribution in [0.4, 0.5) is 9.59 Å². The molecule has 0 radical (unpaired) electrons. The standard InChI is InChI=1S/C30H36N2O7/c1-29(2,3)39-28(36)31-18-12-30(13-18)14-19(15-30)37-17-25(26(33)34)32-27(35)38-16-24-22-10-6-4-8-20(22)21-9-5-7-11-23(21)24/h4-11,18-19,24-25H,12-17H2,1-3H3,(H,31,36)(H,32,35)(H,33,34)/t18?,19?,25-,30?/m0/s1. The van der Waals surface area contributed by atoms with Crippen LogP contribution in [0.1, 0.15) is 63.5 Å². The van der Waals surface area contributed by atoms with Crippen LogP contribution in [-0.2, 0) is 19.0 Å². The second-order valence-corrected chi connectivity index (χ2v) is 12.0. The summed E-state index contributed by atoms with van der Waals surface area (Å²) in [7, 11) is 0. The van der Waals surface area contributed by atoms with Gasteiger partial charge in [0, 0.05) is 12.0 Å². The molecule has 0 aromatic heterocycles. The van der Waals surface area contributed by atoms with Crippen molar-refractivity contribution >= 4 is 18.2 Å². The summed E-state index contributed by atoms with van der Waals surface area (Å²) in [4.78, 5) is 36.3. The van der Waals surface area contributed by atoms with Crippen molar-refractivity contribution in [1.29, 1.82) is 0 Å². The Balaban J connectivity index is 1.05. The number of rotatable bonds is 8. The average Bonchev–Trinajstić information content (AvgIpc) is 3.14. The number of hydrogen-bond acceptors (Lipinski definition) is 6. The first kappa shape index (κ1) is 27.0. The zero-order valence-corrected chi connectivity index (χ0v) is 22.6. The summed E-state index contributed by atoms with van der Waals surface area (Å²) >= 11 is 0. The van der Waals surface area contributed by atoms with Gasteiger partial charge in [0.15, 0.2) is 6.04 Å². The summed E-state index contributed by atoms with van der Waals surface area (Å²) in [5, 5.41) is 15.0. The number of carbonyl (C=O) groups excluding carboxylic acids is 2. The molecule has 0 aliphatic heterocycles. The summed E-state index contributed by atoms with van der Waals surface area (Å²) in [6, 6.07) is 14.9. The number of carboxylic acid groups (broad SMARTS) is 1. The lowest BCUT2D eigenvalue weighted by Crippen LogP contribution is -2.59. The minimum atomic E-state index is -1.21. The number of aliphatic carboxylic acids is 1. The predicted octanol–water partition coefficient (Wildman–Crippen LogP) is 4.83. The van der Waals surface area contributed by atoms with Gasteiger partial charge in [-0.25, -0.2) is 14.4 Å². The van der Waals surface area contributed by atoms with Gasteiger partial charge in [-0.2, -0.15) is 0 Å². The van der Waals surface area contributed by atoms with Gasteiger partial charge in [-0.3, -0.25) is 0 Å². The van der Waals surface area contributed by atoms with E-state index in [2.05, 4.69) is 22.8 Å². The Labute approximate surface area is 228 Å². The number of carboxylic acids is 1. The van der Waals surface area contributed by atoms with E-state index in [4.69, 9.17) is 14.2 Å². The van der Waals surface area contributed by atoms with Gasteiger partial charge in [-0.15, -0.1) is 0 Å². The average molecular weight is 537 g/mol. The Morgan fingerprint density at radius 3 is 2.10 bits per heavy atom. The second kappa shape index (κ2) is 10.5. The van der Waals surface area contributed by atoms with Crippen LogP contribution < -0.4 is 10.6 Å². The molecule has 39 heavy (non-hydrogen) atoms. The molecule has 2 aromatic carbocycles. The van der Waals surface area contributed by atoms with Gasteiger partial charge in [-0.05, 0) is 74.1 Å². The summed E-state index contributed by atoms with van der Waals surface area (Å²) < 4.78 is 16.6. The molecule has 0 saturated heterocycles. The van der Waals surface area contributed by atoms with Crippen molar-refractivity contribution in [2.24, 2.45) is 5.41 Å². The maximum absolute atomic E-state index is 12.5. The van der Waals surface area contributed by atoms with Crippen LogP contribution in [0.25, 0.3) is 11.1 Å². The van der Waals surface area contributed by atoms with E-state index in [1.165, 1.54) is 0 Å². The van der Waals surface area contributed by atoms with Gasteiger partial charge in [-0.1, -0.05) is 48.5 Å². The van der Waals surface area contributed by atoms with Crippen LogP contribution in [0.2, 0.25) is 0 Å². The lowest BCUT2D eigenvalue weighted by molar-refractivity contribution is -0.149. The highest BCUT2D eigenvalue weighted by atomic mass is 16.6. The number of ether oxygens (including phenoxy) is 3. The number of alkyl carbamates (subject to hydrolysis) is 2. The lowest BCUT2D eigenvalue weighted by Gasteiger charge is -2.57. The molecule has 2 saturated carbocycles. The van der Waals surface area contributed by atoms with Crippen molar-refractivity contribution in [2.45, 2.75) is 76.2 Å². The van der Waals surface area contributed by atoms with Crippen LogP contribution in [0.5, 0.6) is 0 Å². The SMILES string of the molecule is CC(C)(C)OC(=O)NC1CC2(C1)CC(OC[C@H](NC(=O)OCC1c3ccccc3-c3ccccc31)C(=O)O)C2. The van der Waals surface area contributed by atoms with E-state index in [-0.39, 0.29) is 36.7 Å². The molecule has 2 amide bonds. The summed E-state index contributed by atoms with van der Waals surface area (Å²) in [6.07, 6.45) is 2.05. The molecule has 3 aliphatic rings. The van der Waals surface area contributed by atoms with E-state index in [9.17, 15) is 19.5 Å². The van der Waals surface area contributed by atoms with E-state index in [1.54, 1.807) is 0 Å². The Morgan fingerprint density at radius 2 is 1.54 bits per heavy atom. The van der Waals surface area contributed by atoms with Crippen molar-refractivity contribution < 1.29 is 33.7 Å². The fraction of sp³-hybridized carbons (Fsp3) is 0.500. The van der Waals surface area contributed by atoms with Crippen LogP contribution in [0, 0.1) is 5.41 Å². The molecule has 3 aliphatic carbocycles. The molecule has 9 nitrogen and oxygen atoms in total. The van der Waals surface area contributed by atoms with E-state index in [0.29, 0.717) is 0 Å². The maximum atomic E-state index is 12.5. The molecule has 9 heteroatoms. The molecule has 0 bridgehead atoms. The van der Waals surface area contributed by atoms with Gasteiger partial charge in [0.1, 0.15) is 12.2 Å². The quantitative estimate of drug-likeness (QED) is 0.442. The molecule has 2 aromatic rings. The van der Waals surface area contributed by atoms with Crippen molar-refractivity contribution in [3.05, 3.63) is 59.7 Å². The summed E-state index contributed by atoms with van der Waals surface area (Å²) in [5.74, 6) is -1.28. The molecule has 3 N–H and O–H groups in total. The van der Waals surface area contributed by atoms with Crippen LogP contribution in [-0.4, -0.2) is 60.3 Å². The Bertz CT molecular complexity index is 1190. The third-order valence-corrected chi connectivity index (χ3v) is 7.83. The van der Waals surface area contributed by atoms with Crippen LogP contribution in [0.15, 0.2) is 48.5 Å². The monoisotopic (exact) mass is 536 g/mol. The first-order valence-corrected chi connectivity index (χ1v) is 13.5. The Kier molecular flexibility index (Phi) is 7.29. The maximum Gasteiger partial charge on any atom is 0.407 e. The van der Waals surface area contributed by atoms with Crippen molar-refractivity contribution in [2.75, 3.05) is 13.2 Å². The molecule has 2 fully saturated rings. The summed E-state index contributed by atoms with van der Waals surface area (Å²) in [6.45, 7) is 5.46. The van der Waals surface area contributed by atoms with Crippen molar-refractivity contribution in [3.8, 4) is 11.1 Å². The van der Waals surface area contributed by atoms with E-state index < -0.39 is 29.8 Å². The van der Waals surface area contributed by atoms with Gasteiger partial charge in [0.25, 0.3) is 0 Å². The number of fused-ring (bicyclic) bond motifs is 3. The normalized spacial score (nSPS) is 24.0. The van der Waals surface area contributed by atoms with Gasteiger partial charge >= 0.3 is 18.2 Å². The highest BCUT2D eigenvalue weighted by Crippen LogP contribution is 2.56. The van der Waals surface area contributed by atoms with Gasteiger partial charge < -0.3 is 30.0 Å². The van der Waals surface area contributed by atoms with Gasteiger partial charge in [0.05, 0.1) is 12.7 Å². The number of hydrogen-bond donors (Lipinski definition) is 3. The molecule has 0 unspecified atom stereocenters. The lowest BCUT2D eigenvalue weighted by atomic mass is 9.53. The first-order valence-electron chi connectivity index (χ1n) is 13.5. The van der Waals surface area contributed by atoms with E-state index >= 15 is 0 Å². The zero-order valence-electron chi connectivity index (χ0n) is 22.6. The fourth-order valence-electron chi connectivity index (χ4n) is 6.11. The Morgan fingerprint density at radius 1 is 0.949 bits per heavy atom. The van der Waals surface area contributed by atoms with Crippen molar-refractivity contribution in [1.82, 2.24) is 10.6 Å². The second-order valence-electron chi connectivity index (χ2n) is 12.0. The van der Waals surface area contributed by atoms with E-state index in [0.717, 1.165) is 47.9 Å². The number of amides is 2. The molecule has 208 valence electrons. The topological polar surface area (TPSA) is 123 Å². The number of carbonyl (C=O) groups is 3. The van der Waals surface area contributed by atoms with Gasteiger partial charge in [0.2, 0.25) is 0 Å². The minimum absolute atomic E-state index is 0.0707.